The Balaban J connectivity index is 1.78. The lowest BCUT2D eigenvalue weighted by atomic mass is 10.1. The number of aromatic nitrogens is 1. The third-order valence-electron chi connectivity index (χ3n) is 4.35. The maximum atomic E-state index is 13.0. The third-order valence-corrected chi connectivity index (χ3v) is 5.21. The summed E-state index contributed by atoms with van der Waals surface area (Å²) in [6.07, 6.45) is 1.03. The highest BCUT2D eigenvalue weighted by atomic mass is 32.1. The van der Waals surface area contributed by atoms with Crippen LogP contribution in [0.25, 0.3) is 0 Å². The van der Waals surface area contributed by atoms with Crippen LogP contribution in [0.1, 0.15) is 28.3 Å². The van der Waals surface area contributed by atoms with Crippen LogP contribution < -0.4 is 9.64 Å². The Bertz CT molecular complexity index is 834. The molecule has 3 rings (SSSR count). The summed E-state index contributed by atoms with van der Waals surface area (Å²) in [7, 11) is 1.63. The molecule has 0 saturated heterocycles. The second kappa shape index (κ2) is 8.19. The average molecular weight is 370 g/mol. The van der Waals surface area contributed by atoms with Gasteiger partial charge in [-0.1, -0.05) is 11.2 Å². The van der Waals surface area contributed by atoms with Crippen molar-refractivity contribution in [2.24, 2.45) is 0 Å². The Morgan fingerprint density at radius 3 is 2.58 bits per heavy atom. The molecular formula is C20H22N2O3S. The summed E-state index contributed by atoms with van der Waals surface area (Å²) in [5, 5.41) is 5.99. The van der Waals surface area contributed by atoms with Gasteiger partial charge in [-0.05, 0) is 56.0 Å². The zero-order chi connectivity index (χ0) is 18.5. The van der Waals surface area contributed by atoms with Gasteiger partial charge >= 0.3 is 0 Å². The van der Waals surface area contributed by atoms with Crippen LogP contribution in [0, 0.1) is 13.8 Å². The van der Waals surface area contributed by atoms with E-state index >= 15 is 0 Å². The van der Waals surface area contributed by atoms with Crippen LogP contribution >= 0.6 is 11.3 Å². The number of nitrogens with zero attached hydrogens (tertiary/aromatic N) is 2. The summed E-state index contributed by atoms with van der Waals surface area (Å²) < 4.78 is 10.4. The van der Waals surface area contributed by atoms with Crippen molar-refractivity contribution in [3.05, 3.63) is 63.7 Å². The summed E-state index contributed by atoms with van der Waals surface area (Å²) in [6, 6.07) is 11.6. The molecule has 0 fully saturated rings. The van der Waals surface area contributed by atoms with E-state index in [9.17, 15) is 4.79 Å². The van der Waals surface area contributed by atoms with Crippen molar-refractivity contribution in [1.82, 2.24) is 5.16 Å². The molecule has 0 aliphatic heterocycles. The van der Waals surface area contributed by atoms with Gasteiger partial charge in [0.2, 0.25) is 5.91 Å². The monoisotopic (exact) mass is 370 g/mol. The van der Waals surface area contributed by atoms with E-state index in [2.05, 4.69) is 5.16 Å². The quantitative estimate of drug-likeness (QED) is 0.613. The van der Waals surface area contributed by atoms with Crippen LogP contribution in [-0.2, 0) is 17.8 Å². The predicted molar refractivity (Wildman–Crippen MR) is 103 cm³/mol. The first kappa shape index (κ1) is 18.2. The standard InChI is InChI=1S/C20H22N2O3S/c1-14-19(15(2)25-21-14)10-11-20(23)22(13-18-5-4-12-26-18)16-6-8-17(24-3)9-7-16/h4-9,12H,10-11,13H2,1-3H3. The third kappa shape index (κ3) is 4.14. The van der Waals surface area contributed by atoms with Gasteiger partial charge in [-0.25, -0.2) is 0 Å². The molecule has 0 atom stereocenters. The summed E-state index contributed by atoms with van der Waals surface area (Å²) in [6.45, 7) is 4.35. The summed E-state index contributed by atoms with van der Waals surface area (Å²) in [5.41, 5.74) is 2.73. The van der Waals surface area contributed by atoms with Crippen molar-refractivity contribution in [3.63, 3.8) is 0 Å². The first-order valence-corrected chi connectivity index (χ1v) is 9.35. The number of carbonyl (C=O) groups excluding carboxylic acids is 1. The van der Waals surface area contributed by atoms with E-state index in [1.54, 1.807) is 18.4 Å². The molecule has 0 bridgehead atoms. The van der Waals surface area contributed by atoms with Crippen molar-refractivity contribution >= 4 is 22.9 Å². The number of ether oxygens (including phenoxy) is 1. The normalized spacial score (nSPS) is 10.7. The number of anilines is 1. The fraction of sp³-hybridized carbons (Fsp3) is 0.300. The Hall–Kier alpha value is -2.60. The van der Waals surface area contributed by atoms with Crippen molar-refractivity contribution in [2.45, 2.75) is 33.2 Å². The van der Waals surface area contributed by atoms with Gasteiger partial charge in [0.25, 0.3) is 0 Å². The van der Waals surface area contributed by atoms with Gasteiger partial charge in [0.05, 0.1) is 19.3 Å². The van der Waals surface area contributed by atoms with Crippen LogP contribution in [0.5, 0.6) is 5.75 Å². The minimum atomic E-state index is 0.0727. The number of amides is 1. The van der Waals surface area contributed by atoms with E-state index < -0.39 is 0 Å². The number of methoxy groups -OCH3 is 1. The van der Waals surface area contributed by atoms with Gasteiger partial charge in [-0.3, -0.25) is 4.79 Å². The molecule has 0 spiro atoms. The Morgan fingerprint density at radius 2 is 2.00 bits per heavy atom. The molecule has 5 nitrogen and oxygen atoms in total. The lowest BCUT2D eigenvalue weighted by Crippen LogP contribution is -2.30. The maximum Gasteiger partial charge on any atom is 0.227 e. The van der Waals surface area contributed by atoms with Gasteiger partial charge in [0.15, 0.2) is 0 Å². The topological polar surface area (TPSA) is 55.6 Å². The number of rotatable bonds is 7. The number of carbonyl (C=O) groups is 1. The lowest BCUT2D eigenvalue weighted by molar-refractivity contribution is -0.118. The minimum absolute atomic E-state index is 0.0727. The highest BCUT2D eigenvalue weighted by Crippen LogP contribution is 2.24. The molecule has 0 unspecified atom stereocenters. The molecule has 136 valence electrons. The summed E-state index contributed by atoms with van der Waals surface area (Å²) in [5.74, 6) is 1.63. The van der Waals surface area contributed by atoms with Crippen LogP contribution in [0.4, 0.5) is 5.69 Å². The van der Waals surface area contributed by atoms with Crippen LogP contribution in [0.3, 0.4) is 0 Å². The lowest BCUT2D eigenvalue weighted by Gasteiger charge is -2.22. The molecule has 0 aliphatic carbocycles. The fourth-order valence-corrected chi connectivity index (χ4v) is 3.56. The first-order valence-electron chi connectivity index (χ1n) is 8.47. The van der Waals surface area contributed by atoms with E-state index in [0.717, 1.165) is 33.3 Å². The van der Waals surface area contributed by atoms with Crippen molar-refractivity contribution < 1.29 is 14.1 Å². The summed E-state index contributed by atoms with van der Waals surface area (Å²) in [4.78, 5) is 16.0. The molecule has 0 aliphatic rings. The largest absolute Gasteiger partial charge is 0.497 e. The molecule has 0 N–H and O–H groups in total. The smallest absolute Gasteiger partial charge is 0.227 e. The Morgan fingerprint density at radius 1 is 1.23 bits per heavy atom. The predicted octanol–water partition coefficient (Wildman–Crippen LogP) is 4.53. The Kier molecular flexibility index (Phi) is 5.73. The zero-order valence-electron chi connectivity index (χ0n) is 15.2. The van der Waals surface area contributed by atoms with E-state index in [4.69, 9.17) is 9.26 Å². The average Bonchev–Trinajstić information content (AvgIpc) is 3.28. The number of aryl methyl sites for hydroxylation is 2. The number of hydrogen-bond donors (Lipinski definition) is 0. The molecular weight excluding hydrogens is 348 g/mol. The number of hydrogen-bond acceptors (Lipinski definition) is 5. The molecule has 3 aromatic rings. The van der Waals surface area contributed by atoms with Crippen molar-refractivity contribution in [3.8, 4) is 5.75 Å². The highest BCUT2D eigenvalue weighted by Gasteiger charge is 2.19. The van der Waals surface area contributed by atoms with Crippen LogP contribution in [0.2, 0.25) is 0 Å². The zero-order valence-corrected chi connectivity index (χ0v) is 16.0. The SMILES string of the molecule is COc1ccc(N(Cc2cccs2)C(=O)CCc2c(C)noc2C)cc1. The van der Waals surface area contributed by atoms with Crippen LogP contribution in [0.15, 0.2) is 46.3 Å². The van der Waals surface area contributed by atoms with Crippen LogP contribution in [-0.4, -0.2) is 18.2 Å². The second-order valence-electron chi connectivity index (χ2n) is 6.06. The maximum absolute atomic E-state index is 13.0. The van der Waals surface area contributed by atoms with Crippen molar-refractivity contribution in [1.29, 1.82) is 0 Å². The minimum Gasteiger partial charge on any atom is -0.497 e. The van der Waals surface area contributed by atoms with Gasteiger partial charge in [0, 0.05) is 22.5 Å². The number of benzene rings is 1. The van der Waals surface area contributed by atoms with E-state index in [0.29, 0.717) is 19.4 Å². The molecule has 2 heterocycles. The molecule has 1 amide bonds. The van der Waals surface area contributed by atoms with Gasteiger partial charge < -0.3 is 14.2 Å². The molecule has 1 aromatic carbocycles. The van der Waals surface area contributed by atoms with E-state index in [1.165, 1.54) is 0 Å². The molecule has 0 radical (unpaired) electrons. The van der Waals surface area contributed by atoms with E-state index in [1.807, 2.05) is 60.5 Å². The fourth-order valence-electron chi connectivity index (χ4n) is 2.87. The first-order chi connectivity index (χ1) is 12.6. The molecule has 26 heavy (non-hydrogen) atoms. The molecule has 0 saturated carbocycles. The number of thiophene rings is 1. The van der Waals surface area contributed by atoms with Crippen molar-refractivity contribution in [2.75, 3.05) is 12.0 Å². The molecule has 6 heteroatoms. The second-order valence-corrected chi connectivity index (χ2v) is 7.09. The van der Waals surface area contributed by atoms with Gasteiger partial charge in [0.1, 0.15) is 11.5 Å². The Labute approximate surface area is 157 Å². The van der Waals surface area contributed by atoms with E-state index in [-0.39, 0.29) is 5.91 Å². The molecule has 2 aromatic heterocycles. The van der Waals surface area contributed by atoms with Gasteiger partial charge in [-0.2, -0.15) is 0 Å². The highest BCUT2D eigenvalue weighted by molar-refractivity contribution is 7.09. The summed E-state index contributed by atoms with van der Waals surface area (Å²) >= 11 is 1.65. The van der Waals surface area contributed by atoms with Gasteiger partial charge in [-0.15, -0.1) is 11.3 Å².